The van der Waals surface area contributed by atoms with E-state index in [4.69, 9.17) is 0 Å². The third-order valence-corrected chi connectivity index (χ3v) is 1.84. The van der Waals surface area contributed by atoms with Crippen LogP contribution in [0.4, 0.5) is 13.2 Å². The van der Waals surface area contributed by atoms with E-state index in [1.807, 2.05) is 0 Å². The van der Waals surface area contributed by atoms with Crippen molar-refractivity contribution in [3.8, 4) is 0 Å². The van der Waals surface area contributed by atoms with Crippen LogP contribution < -0.4 is 5.32 Å². The summed E-state index contributed by atoms with van der Waals surface area (Å²) >= 11 is 0. The van der Waals surface area contributed by atoms with E-state index in [0.29, 0.717) is 0 Å². The standard InChI is InChI=1S/C9H16F3NO2/c1-5-8(15,9(10,11)12)6(14)13-7(2,3)4/h15H,5H2,1-4H3,(H,13,14)/t8-/m0/s1. The van der Waals surface area contributed by atoms with Gasteiger partial charge < -0.3 is 10.4 Å². The summed E-state index contributed by atoms with van der Waals surface area (Å²) < 4.78 is 37.3. The summed E-state index contributed by atoms with van der Waals surface area (Å²) in [5.41, 5.74) is -4.12. The fraction of sp³-hybridized carbons (Fsp3) is 0.889. The number of halogens is 3. The average Bonchev–Trinajstić information content (AvgIpc) is 1.97. The van der Waals surface area contributed by atoms with Crippen LogP contribution in [0.25, 0.3) is 0 Å². The molecular formula is C9H16F3NO2. The van der Waals surface area contributed by atoms with Crippen molar-refractivity contribution in [2.24, 2.45) is 0 Å². The van der Waals surface area contributed by atoms with Crippen molar-refractivity contribution >= 4 is 5.91 Å². The Bertz CT molecular complexity index is 245. The zero-order valence-corrected chi connectivity index (χ0v) is 9.20. The first kappa shape index (κ1) is 14.2. The molecule has 1 amide bonds. The number of hydrogen-bond acceptors (Lipinski definition) is 2. The maximum Gasteiger partial charge on any atom is 0.426 e. The summed E-state index contributed by atoms with van der Waals surface area (Å²) in [4.78, 5) is 11.3. The van der Waals surface area contributed by atoms with E-state index in [1.165, 1.54) is 20.8 Å². The van der Waals surface area contributed by atoms with Crippen LogP contribution in [0.5, 0.6) is 0 Å². The third-order valence-electron chi connectivity index (χ3n) is 1.84. The highest BCUT2D eigenvalue weighted by Crippen LogP contribution is 2.33. The number of carbonyl (C=O) groups excluding carboxylic acids is 1. The molecule has 0 bridgehead atoms. The van der Waals surface area contributed by atoms with Gasteiger partial charge >= 0.3 is 6.18 Å². The first-order chi connectivity index (χ1) is 6.44. The fourth-order valence-corrected chi connectivity index (χ4v) is 0.934. The lowest BCUT2D eigenvalue weighted by Gasteiger charge is -2.31. The van der Waals surface area contributed by atoms with Gasteiger partial charge in [0.1, 0.15) is 0 Å². The molecule has 0 saturated heterocycles. The number of rotatable bonds is 2. The zero-order valence-electron chi connectivity index (χ0n) is 9.20. The molecule has 15 heavy (non-hydrogen) atoms. The molecule has 0 aromatic carbocycles. The van der Waals surface area contributed by atoms with Gasteiger partial charge in [0.05, 0.1) is 0 Å². The van der Waals surface area contributed by atoms with Crippen molar-refractivity contribution in [1.29, 1.82) is 0 Å². The molecule has 0 radical (unpaired) electrons. The van der Waals surface area contributed by atoms with Gasteiger partial charge in [-0.05, 0) is 27.2 Å². The second-order valence-electron chi connectivity index (χ2n) is 4.42. The summed E-state index contributed by atoms with van der Waals surface area (Å²) in [6, 6.07) is 0. The largest absolute Gasteiger partial charge is 0.426 e. The van der Waals surface area contributed by atoms with Crippen LogP contribution in [0.3, 0.4) is 0 Å². The number of aliphatic hydroxyl groups is 1. The maximum absolute atomic E-state index is 12.4. The number of nitrogens with one attached hydrogen (secondary N) is 1. The lowest BCUT2D eigenvalue weighted by molar-refractivity contribution is -0.253. The predicted molar refractivity (Wildman–Crippen MR) is 49.2 cm³/mol. The second kappa shape index (κ2) is 4.00. The Hall–Kier alpha value is -0.780. The lowest BCUT2D eigenvalue weighted by atomic mass is 9.97. The number of alkyl halides is 3. The molecule has 0 aromatic heterocycles. The van der Waals surface area contributed by atoms with Gasteiger partial charge in [0.15, 0.2) is 0 Å². The molecule has 1 atom stereocenters. The second-order valence-corrected chi connectivity index (χ2v) is 4.42. The molecule has 6 heteroatoms. The van der Waals surface area contributed by atoms with E-state index in [1.54, 1.807) is 0 Å². The van der Waals surface area contributed by atoms with Crippen LogP contribution >= 0.6 is 0 Å². The van der Waals surface area contributed by atoms with Crippen LogP contribution in [0.2, 0.25) is 0 Å². The highest BCUT2D eigenvalue weighted by molar-refractivity contribution is 5.86. The van der Waals surface area contributed by atoms with Crippen LogP contribution in [0.15, 0.2) is 0 Å². The first-order valence-electron chi connectivity index (χ1n) is 4.56. The highest BCUT2D eigenvalue weighted by atomic mass is 19.4. The summed E-state index contributed by atoms with van der Waals surface area (Å²) in [5, 5.41) is 11.4. The Morgan fingerprint density at radius 2 is 1.67 bits per heavy atom. The number of carbonyl (C=O) groups is 1. The molecule has 0 unspecified atom stereocenters. The highest BCUT2D eigenvalue weighted by Gasteiger charge is 2.58. The van der Waals surface area contributed by atoms with Crippen molar-refractivity contribution in [3.63, 3.8) is 0 Å². The average molecular weight is 227 g/mol. The quantitative estimate of drug-likeness (QED) is 0.752. The van der Waals surface area contributed by atoms with Crippen LogP contribution in [0, 0.1) is 0 Å². The van der Waals surface area contributed by atoms with Gasteiger partial charge in [0.2, 0.25) is 5.60 Å². The molecule has 3 nitrogen and oxygen atoms in total. The van der Waals surface area contributed by atoms with Crippen molar-refractivity contribution < 1.29 is 23.1 Å². The Kier molecular flexibility index (Phi) is 3.79. The van der Waals surface area contributed by atoms with Crippen molar-refractivity contribution in [2.45, 2.75) is 51.4 Å². The minimum absolute atomic E-state index is 0.710. The molecule has 0 aliphatic heterocycles. The number of amides is 1. The van der Waals surface area contributed by atoms with Crippen LogP contribution in [-0.2, 0) is 4.79 Å². The zero-order chi connectivity index (χ0) is 12.5. The van der Waals surface area contributed by atoms with Gasteiger partial charge in [0, 0.05) is 5.54 Å². The van der Waals surface area contributed by atoms with Gasteiger partial charge in [-0.1, -0.05) is 6.92 Å². The Morgan fingerprint density at radius 3 is 1.87 bits per heavy atom. The van der Waals surface area contributed by atoms with E-state index in [-0.39, 0.29) is 0 Å². The molecule has 0 saturated carbocycles. The predicted octanol–water partition coefficient (Wildman–Crippen LogP) is 1.60. The fourth-order valence-electron chi connectivity index (χ4n) is 0.934. The van der Waals surface area contributed by atoms with E-state index >= 15 is 0 Å². The molecule has 0 fully saturated rings. The van der Waals surface area contributed by atoms with Crippen molar-refractivity contribution in [1.82, 2.24) is 5.32 Å². The summed E-state index contributed by atoms with van der Waals surface area (Å²) in [6.45, 7) is 5.72. The molecule has 0 aliphatic rings. The molecule has 0 rings (SSSR count). The maximum atomic E-state index is 12.4. The smallest absolute Gasteiger partial charge is 0.373 e. The molecule has 2 N–H and O–H groups in total. The summed E-state index contributed by atoms with van der Waals surface area (Å²) in [7, 11) is 0. The van der Waals surface area contributed by atoms with Crippen LogP contribution in [0.1, 0.15) is 34.1 Å². The Balaban J connectivity index is 4.92. The molecule has 90 valence electrons. The van der Waals surface area contributed by atoms with Gasteiger partial charge in [-0.3, -0.25) is 4.79 Å². The Morgan fingerprint density at radius 1 is 1.27 bits per heavy atom. The summed E-state index contributed by atoms with van der Waals surface area (Å²) in [5.74, 6) is -1.41. The topological polar surface area (TPSA) is 49.3 Å². The first-order valence-corrected chi connectivity index (χ1v) is 4.56. The lowest BCUT2D eigenvalue weighted by Crippen LogP contribution is -2.60. The molecular weight excluding hydrogens is 211 g/mol. The molecule has 0 aromatic rings. The molecule has 0 aliphatic carbocycles. The summed E-state index contributed by atoms with van der Waals surface area (Å²) in [6.07, 6.45) is -5.67. The van der Waals surface area contributed by atoms with E-state index in [0.717, 1.165) is 6.92 Å². The van der Waals surface area contributed by atoms with E-state index in [2.05, 4.69) is 5.32 Å². The molecule has 0 heterocycles. The van der Waals surface area contributed by atoms with Crippen molar-refractivity contribution in [2.75, 3.05) is 0 Å². The van der Waals surface area contributed by atoms with Gasteiger partial charge in [-0.15, -0.1) is 0 Å². The number of hydrogen-bond donors (Lipinski definition) is 2. The minimum atomic E-state index is -4.96. The van der Waals surface area contributed by atoms with E-state index < -0.39 is 29.6 Å². The third kappa shape index (κ3) is 3.37. The van der Waals surface area contributed by atoms with Gasteiger partial charge in [-0.2, -0.15) is 13.2 Å². The normalized spacial score (nSPS) is 17.1. The minimum Gasteiger partial charge on any atom is -0.373 e. The monoisotopic (exact) mass is 227 g/mol. The van der Waals surface area contributed by atoms with E-state index in [9.17, 15) is 23.1 Å². The van der Waals surface area contributed by atoms with Gasteiger partial charge in [0.25, 0.3) is 5.91 Å². The molecule has 0 spiro atoms. The SMILES string of the molecule is CC[C@](O)(C(=O)NC(C)(C)C)C(F)(F)F. The van der Waals surface area contributed by atoms with Gasteiger partial charge in [-0.25, -0.2) is 0 Å². The van der Waals surface area contributed by atoms with Crippen LogP contribution in [-0.4, -0.2) is 28.3 Å². The Labute approximate surface area is 86.7 Å². The van der Waals surface area contributed by atoms with Crippen molar-refractivity contribution in [3.05, 3.63) is 0 Å².